The molecule has 3 N–H and O–H groups in total. The van der Waals surface area contributed by atoms with Crippen molar-refractivity contribution >= 4 is 49.0 Å². The second-order valence-corrected chi connectivity index (χ2v) is 8.14. The largest absolute Gasteiger partial charge is 0.481 e. The van der Waals surface area contributed by atoms with Gasteiger partial charge < -0.3 is 20.2 Å². The Hall–Kier alpha value is -2.53. The predicted octanol–water partition coefficient (Wildman–Crippen LogP) is 0.798. The molecular formula is C21H27BN4O5S. The number of piperidine rings is 2. The topological polar surface area (TPSA) is 119 Å². The van der Waals surface area contributed by atoms with Crippen LogP contribution in [-0.4, -0.2) is 77.4 Å². The molecule has 3 aliphatic heterocycles. The standard InChI is InChI=1S/C21H26N4O5.BHS/c26-18-5-4-17(20(29)23-18)25-12-15-14(21(25)30)2-1-3-16(15)22-13-6-9-24(10-7-13)11-8-19(27)28;1-2/h1-3,13,17,22H,4-12H2,(H,27,28)(H,23,26,29);2H. The Labute approximate surface area is 193 Å². The summed E-state index contributed by atoms with van der Waals surface area (Å²) in [6, 6.07) is 5.21. The number of nitrogens with one attached hydrogen (secondary N) is 2. The first kappa shape index (κ1) is 24.1. The van der Waals surface area contributed by atoms with Gasteiger partial charge in [-0.2, -0.15) is 0 Å². The number of fused-ring (bicyclic) bond motifs is 1. The molecule has 2 fully saturated rings. The zero-order valence-corrected chi connectivity index (χ0v) is 18.6. The van der Waals surface area contributed by atoms with Crippen molar-refractivity contribution in [2.75, 3.05) is 25.0 Å². The lowest BCUT2D eigenvalue weighted by Crippen LogP contribution is -2.52. The van der Waals surface area contributed by atoms with Crippen molar-refractivity contribution in [2.24, 2.45) is 0 Å². The molecule has 2 saturated heterocycles. The van der Waals surface area contributed by atoms with Crippen molar-refractivity contribution < 1.29 is 24.3 Å². The summed E-state index contributed by atoms with van der Waals surface area (Å²) in [7, 11) is 4.19. The fourth-order valence-corrected chi connectivity index (χ4v) is 4.50. The molecule has 3 aliphatic rings. The molecule has 32 heavy (non-hydrogen) atoms. The number of aliphatic carboxylic acids is 1. The van der Waals surface area contributed by atoms with Gasteiger partial charge in [-0.05, 0) is 31.4 Å². The van der Waals surface area contributed by atoms with Crippen LogP contribution in [0.4, 0.5) is 5.69 Å². The van der Waals surface area contributed by atoms with E-state index in [1.165, 1.54) is 0 Å². The van der Waals surface area contributed by atoms with Crippen molar-refractivity contribution in [2.45, 2.75) is 50.7 Å². The van der Waals surface area contributed by atoms with Crippen LogP contribution in [0, 0.1) is 0 Å². The van der Waals surface area contributed by atoms with Gasteiger partial charge in [-0.1, -0.05) is 6.07 Å². The molecular weight excluding hydrogens is 431 g/mol. The van der Waals surface area contributed by atoms with Gasteiger partial charge in [0.1, 0.15) is 6.04 Å². The van der Waals surface area contributed by atoms with Crippen LogP contribution in [0.3, 0.4) is 0 Å². The third-order valence-electron chi connectivity index (χ3n) is 6.17. The number of rotatable bonds is 6. The Morgan fingerprint density at radius 1 is 1.19 bits per heavy atom. The molecule has 2 radical (unpaired) electrons. The Balaban J connectivity index is 0.00000141. The van der Waals surface area contributed by atoms with E-state index in [0.717, 1.165) is 37.2 Å². The van der Waals surface area contributed by atoms with Gasteiger partial charge in [-0.15, -0.1) is 0 Å². The average Bonchev–Trinajstić information content (AvgIpc) is 3.12. The first-order chi connectivity index (χ1) is 15.4. The summed E-state index contributed by atoms with van der Waals surface area (Å²) < 4.78 is 0. The number of anilines is 1. The Morgan fingerprint density at radius 3 is 2.56 bits per heavy atom. The summed E-state index contributed by atoms with van der Waals surface area (Å²) in [5.41, 5.74) is 2.39. The number of nitrogens with zero attached hydrogens (tertiary/aromatic N) is 2. The van der Waals surface area contributed by atoms with E-state index in [1.54, 1.807) is 11.0 Å². The van der Waals surface area contributed by atoms with Crippen LogP contribution in [0.1, 0.15) is 48.0 Å². The van der Waals surface area contributed by atoms with E-state index >= 15 is 0 Å². The van der Waals surface area contributed by atoms with E-state index in [4.69, 9.17) is 5.11 Å². The van der Waals surface area contributed by atoms with Crippen molar-refractivity contribution in [1.29, 1.82) is 0 Å². The highest BCUT2D eigenvalue weighted by molar-refractivity contribution is 8.03. The fourth-order valence-electron chi connectivity index (χ4n) is 4.50. The van der Waals surface area contributed by atoms with Gasteiger partial charge in [0.25, 0.3) is 5.91 Å². The normalized spacial score (nSPS) is 21.5. The van der Waals surface area contributed by atoms with Crippen LogP contribution < -0.4 is 10.6 Å². The SMILES string of the molecule is O=C(O)CCN1CCC(Nc2cccc3c2CN(C2CCC(=O)NC2=O)C3=O)CC1.[B]S. The van der Waals surface area contributed by atoms with Crippen LogP contribution >= 0.6 is 12.5 Å². The van der Waals surface area contributed by atoms with Crippen LogP contribution in [0.5, 0.6) is 0 Å². The number of amides is 3. The second kappa shape index (κ2) is 10.9. The molecule has 0 bridgehead atoms. The summed E-state index contributed by atoms with van der Waals surface area (Å²) in [5, 5.41) is 14.7. The number of likely N-dealkylation sites (tertiary alicyclic amines) is 1. The molecule has 1 aromatic rings. The lowest BCUT2D eigenvalue weighted by Gasteiger charge is -2.33. The minimum absolute atomic E-state index is 0.155. The molecule has 11 heteroatoms. The monoisotopic (exact) mass is 458 g/mol. The van der Waals surface area contributed by atoms with Crippen LogP contribution in [0.2, 0.25) is 0 Å². The number of benzene rings is 1. The smallest absolute Gasteiger partial charge is 0.304 e. The minimum Gasteiger partial charge on any atom is -0.481 e. The van der Waals surface area contributed by atoms with Gasteiger partial charge in [-0.25, -0.2) is 12.5 Å². The number of hydrogen-bond acceptors (Lipinski definition) is 7. The highest BCUT2D eigenvalue weighted by Crippen LogP contribution is 2.33. The maximum atomic E-state index is 12.9. The lowest BCUT2D eigenvalue weighted by molar-refractivity contribution is -0.138. The molecule has 3 heterocycles. The van der Waals surface area contributed by atoms with E-state index < -0.39 is 17.9 Å². The molecule has 0 saturated carbocycles. The van der Waals surface area contributed by atoms with E-state index in [-0.39, 0.29) is 30.7 Å². The predicted molar refractivity (Wildman–Crippen MR) is 123 cm³/mol. The molecule has 170 valence electrons. The van der Waals surface area contributed by atoms with Crippen LogP contribution in [0.25, 0.3) is 0 Å². The van der Waals surface area contributed by atoms with Crippen molar-refractivity contribution in [3.05, 3.63) is 29.3 Å². The van der Waals surface area contributed by atoms with Gasteiger partial charge in [0, 0.05) is 55.5 Å². The highest BCUT2D eigenvalue weighted by Gasteiger charge is 2.40. The molecule has 0 spiro atoms. The number of imide groups is 1. The number of hydrogen-bond donors (Lipinski definition) is 4. The van der Waals surface area contributed by atoms with Gasteiger partial charge in [0.2, 0.25) is 11.8 Å². The summed E-state index contributed by atoms with van der Waals surface area (Å²) in [4.78, 5) is 51.0. The zero-order valence-electron chi connectivity index (χ0n) is 17.7. The summed E-state index contributed by atoms with van der Waals surface area (Å²) in [5.74, 6) is -1.65. The third kappa shape index (κ3) is 5.44. The third-order valence-corrected chi connectivity index (χ3v) is 6.17. The van der Waals surface area contributed by atoms with E-state index in [1.807, 2.05) is 12.1 Å². The Bertz CT molecular complexity index is 891. The number of carboxylic acids is 1. The van der Waals surface area contributed by atoms with Gasteiger partial charge in [0.05, 0.1) is 6.42 Å². The molecule has 1 atom stereocenters. The molecule has 0 aliphatic carbocycles. The summed E-state index contributed by atoms with van der Waals surface area (Å²) in [6.07, 6.45) is 2.54. The molecule has 3 amide bonds. The van der Waals surface area contributed by atoms with E-state index in [2.05, 4.69) is 35.1 Å². The molecule has 4 rings (SSSR count). The van der Waals surface area contributed by atoms with Gasteiger partial charge in [0.15, 0.2) is 7.12 Å². The van der Waals surface area contributed by atoms with E-state index in [0.29, 0.717) is 25.1 Å². The fraction of sp³-hybridized carbons (Fsp3) is 0.524. The van der Waals surface area contributed by atoms with E-state index in [9.17, 15) is 19.2 Å². The quantitative estimate of drug-likeness (QED) is 0.283. The van der Waals surface area contributed by atoms with Crippen molar-refractivity contribution in [3.8, 4) is 0 Å². The molecule has 1 unspecified atom stereocenters. The number of thiol groups is 1. The lowest BCUT2D eigenvalue weighted by atomic mass is 10.0. The van der Waals surface area contributed by atoms with Crippen LogP contribution in [-0.2, 0) is 20.9 Å². The summed E-state index contributed by atoms with van der Waals surface area (Å²) in [6.45, 7) is 2.59. The molecule has 1 aromatic carbocycles. The molecule has 9 nitrogen and oxygen atoms in total. The summed E-state index contributed by atoms with van der Waals surface area (Å²) >= 11 is 3.03. The zero-order chi connectivity index (χ0) is 23.3. The Morgan fingerprint density at radius 2 is 1.91 bits per heavy atom. The van der Waals surface area contributed by atoms with Crippen LogP contribution in [0.15, 0.2) is 18.2 Å². The number of carbonyl (C=O) groups excluding carboxylic acids is 3. The van der Waals surface area contributed by atoms with Crippen molar-refractivity contribution in [1.82, 2.24) is 15.1 Å². The first-order valence-corrected chi connectivity index (χ1v) is 11.2. The maximum Gasteiger partial charge on any atom is 0.304 e. The minimum atomic E-state index is -0.777. The number of carbonyl (C=O) groups is 4. The van der Waals surface area contributed by atoms with Crippen molar-refractivity contribution in [3.63, 3.8) is 0 Å². The number of carboxylic acid groups (broad SMARTS) is 1. The first-order valence-electron chi connectivity index (χ1n) is 10.7. The average molecular weight is 458 g/mol. The van der Waals surface area contributed by atoms with Gasteiger partial charge >= 0.3 is 5.97 Å². The van der Waals surface area contributed by atoms with Gasteiger partial charge in [-0.3, -0.25) is 24.5 Å². The molecule has 0 aromatic heterocycles. The maximum absolute atomic E-state index is 12.9. The Kier molecular flexibility index (Phi) is 8.19. The highest BCUT2D eigenvalue weighted by atomic mass is 32.1. The second-order valence-electron chi connectivity index (χ2n) is 8.14.